The Labute approximate surface area is 111 Å². The Morgan fingerprint density at radius 1 is 1.11 bits per heavy atom. The smallest absolute Gasteiger partial charge is 0.261 e. The SMILES string of the molecule is NCc1cc(S(=O)(=O)Nc2ccccc2)ccc1F. The highest BCUT2D eigenvalue weighted by Crippen LogP contribution is 2.18. The van der Waals surface area contributed by atoms with Crippen LogP contribution in [-0.4, -0.2) is 8.42 Å². The molecule has 100 valence electrons. The number of sulfonamides is 1. The van der Waals surface area contributed by atoms with Crippen molar-refractivity contribution in [3.8, 4) is 0 Å². The van der Waals surface area contributed by atoms with Gasteiger partial charge in [-0.15, -0.1) is 0 Å². The zero-order valence-electron chi connectivity index (χ0n) is 10.0. The van der Waals surface area contributed by atoms with Crippen molar-refractivity contribution in [3.63, 3.8) is 0 Å². The number of anilines is 1. The average molecular weight is 280 g/mol. The number of nitrogens with one attached hydrogen (secondary N) is 1. The molecule has 6 heteroatoms. The first kappa shape index (κ1) is 13.5. The van der Waals surface area contributed by atoms with E-state index in [1.54, 1.807) is 30.3 Å². The fourth-order valence-electron chi connectivity index (χ4n) is 1.59. The summed E-state index contributed by atoms with van der Waals surface area (Å²) in [6.07, 6.45) is 0. The number of para-hydroxylation sites is 1. The molecule has 0 atom stereocenters. The van der Waals surface area contributed by atoms with Gasteiger partial charge in [-0.2, -0.15) is 0 Å². The van der Waals surface area contributed by atoms with E-state index in [1.807, 2.05) is 0 Å². The van der Waals surface area contributed by atoms with Crippen LogP contribution in [-0.2, 0) is 16.6 Å². The van der Waals surface area contributed by atoms with E-state index in [-0.39, 0.29) is 17.0 Å². The zero-order valence-corrected chi connectivity index (χ0v) is 10.8. The van der Waals surface area contributed by atoms with Crippen LogP contribution in [0.25, 0.3) is 0 Å². The van der Waals surface area contributed by atoms with Crippen LogP contribution in [0.1, 0.15) is 5.56 Å². The van der Waals surface area contributed by atoms with Crippen LogP contribution in [0.3, 0.4) is 0 Å². The van der Waals surface area contributed by atoms with Crippen molar-refractivity contribution in [2.75, 3.05) is 4.72 Å². The molecule has 2 rings (SSSR count). The lowest BCUT2D eigenvalue weighted by molar-refractivity contribution is 0.596. The Balaban J connectivity index is 2.35. The third-order valence-corrected chi connectivity index (χ3v) is 3.95. The Bertz CT molecular complexity index is 672. The molecule has 4 nitrogen and oxygen atoms in total. The third kappa shape index (κ3) is 3.10. The topological polar surface area (TPSA) is 72.2 Å². The van der Waals surface area contributed by atoms with Gasteiger partial charge in [-0.05, 0) is 30.3 Å². The van der Waals surface area contributed by atoms with Crippen molar-refractivity contribution < 1.29 is 12.8 Å². The highest BCUT2D eigenvalue weighted by atomic mass is 32.2. The molecule has 2 aromatic carbocycles. The molecule has 0 fully saturated rings. The third-order valence-electron chi connectivity index (χ3n) is 2.57. The first-order chi connectivity index (χ1) is 9.03. The van der Waals surface area contributed by atoms with Crippen LogP contribution >= 0.6 is 0 Å². The molecular formula is C13H13FN2O2S. The average Bonchev–Trinajstić information content (AvgIpc) is 2.39. The number of hydrogen-bond acceptors (Lipinski definition) is 3. The predicted octanol–water partition coefficient (Wildman–Crippen LogP) is 2.09. The van der Waals surface area contributed by atoms with Crippen LogP contribution in [0.15, 0.2) is 53.4 Å². The Morgan fingerprint density at radius 3 is 2.42 bits per heavy atom. The van der Waals surface area contributed by atoms with E-state index >= 15 is 0 Å². The van der Waals surface area contributed by atoms with Crippen molar-refractivity contribution >= 4 is 15.7 Å². The van der Waals surface area contributed by atoms with Crippen LogP contribution in [0.5, 0.6) is 0 Å². The second kappa shape index (κ2) is 5.38. The molecule has 0 spiro atoms. The summed E-state index contributed by atoms with van der Waals surface area (Å²) in [5.74, 6) is -0.513. The summed E-state index contributed by atoms with van der Waals surface area (Å²) in [5.41, 5.74) is 5.97. The maximum atomic E-state index is 13.3. The number of rotatable bonds is 4. The molecule has 0 radical (unpaired) electrons. The molecule has 0 aliphatic carbocycles. The highest BCUT2D eigenvalue weighted by molar-refractivity contribution is 7.92. The van der Waals surface area contributed by atoms with E-state index in [1.165, 1.54) is 12.1 Å². The van der Waals surface area contributed by atoms with E-state index < -0.39 is 15.8 Å². The van der Waals surface area contributed by atoms with E-state index in [2.05, 4.69) is 4.72 Å². The minimum atomic E-state index is -3.73. The van der Waals surface area contributed by atoms with Crippen LogP contribution in [0.2, 0.25) is 0 Å². The normalized spacial score (nSPS) is 11.3. The lowest BCUT2D eigenvalue weighted by atomic mass is 10.2. The summed E-state index contributed by atoms with van der Waals surface area (Å²) in [5, 5.41) is 0. The molecule has 0 aliphatic heterocycles. The Morgan fingerprint density at radius 2 is 1.79 bits per heavy atom. The number of halogens is 1. The molecule has 0 bridgehead atoms. The number of nitrogens with two attached hydrogens (primary N) is 1. The maximum absolute atomic E-state index is 13.3. The van der Waals surface area contributed by atoms with Gasteiger partial charge in [0.25, 0.3) is 10.0 Å². The molecule has 0 amide bonds. The molecule has 0 aromatic heterocycles. The van der Waals surface area contributed by atoms with Crippen LogP contribution < -0.4 is 10.5 Å². The van der Waals surface area contributed by atoms with E-state index in [4.69, 9.17) is 5.73 Å². The summed E-state index contributed by atoms with van der Waals surface area (Å²) < 4.78 is 39.9. The van der Waals surface area contributed by atoms with Gasteiger partial charge in [0.05, 0.1) is 4.90 Å². The zero-order chi connectivity index (χ0) is 13.9. The molecule has 3 N–H and O–H groups in total. The monoisotopic (exact) mass is 280 g/mol. The van der Waals surface area contributed by atoms with Gasteiger partial charge in [0.1, 0.15) is 5.82 Å². The lowest BCUT2D eigenvalue weighted by Crippen LogP contribution is -2.14. The molecule has 2 aromatic rings. The molecule has 0 heterocycles. The summed E-state index contributed by atoms with van der Waals surface area (Å²) in [6, 6.07) is 12.0. The first-order valence-electron chi connectivity index (χ1n) is 5.59. The summed E-state index contributed by atoms with van der Waals surface area (Å²) in [7, 11) is -3.73. The standard InChI is InChI=1S/C13H13FN2O2S/c14-13-7-6-12(8-10(13)9-15)19(17,18)16-11-4-2-1-3-5-11/h1-8,16H,9,15H2. The van der Waals surface area contributed by atoms with Gasteiger partial charge in [-0.25, -0.2) is 12.8 Å². The van der Waals surface area contributed by atoms with Crippen LogP contribution in [0.4, 0.5) is 10.1 Å². The van der Waals surface area contributed by atoms with Gasteiger partial charge < -0.3 is 5.73 Å². The molecule has 0 unspecified atom stereocenters. The van der Waals surface area contributed by atoms with Crippen molar-refractivity contribution in [3.05, 3.63) is 59.9 Å². The van der Waals surface area contributed by atoms with Crippen LogP contribution in [0, 0.1) is 5.82 Å². The second-order valence-electron chi connectivity index (χ2n) is 3.93. The molecule has 0 aliphatic rings. The fourth-order valence-corrected chi connectivity index (χ4v) is 2.70. The summed E-state index contributed by atoms with van der Waals surface area (Å²) in [4.78, 5) is -0.0156. The van der Waals surface area contributed by atoms with Gasteiger partial charge in [0.15, 0.2) is 0 Å². The number of benzene rings is 2. The highest BCUT2D eigenvalue weighted by Gasteiger charge is 2.15. The minimum absolute atomic E-state index is 0.0156. The number of hydrogen-bond donors (Lipinski definition) is 2. The van der Waals surface area contributed by atoms with E-state index in [0.29, 0.717) is 5.69 Å². The summed E-state index contributed by atoms with van der Waals surface area (Å²) >= 11 is 0. The maximum Gasteiger partial charge on any atom is 0.261 e. The molecule has 0 saturated carbocycles. The fraction of sp³-hybridized carbons (Fsp3) is 0.0769. The Kier molecular flexibility index (Phi) is 3.82. The molecule has 0 saturated heterocycles. The van der Waals surface area contributed by atoms with Crippen molar-refractivity contribution in [2.45, 2.75) is 11.4 Å². The van der Waals surface area contributed by atoms with Crippen molar-refractivity contribution in [1.29, 1.82) is 0 Å². The lowest BCUT2D eigenvalue weighted by Gasteiger charge is -2.09. The van der Waals surface area contributed by atoms with Crippen molar-refractivity contribution in [2.24, 2.45) is 5.73 Å². The van der Waals surface area contributed by atoms with Gasteiger partial charge in [-0.3, -0.25) is 4.72 Å². The Hall–Kier alpha value is -1.92. The molecular weight excluding hydrogens is 267 g/mol. The van der Waals surface area contributed by atoms with Gasteiger partial charge in [0, 0.05) is 17.8 Å². The predicted molar refractivity (Wildman–Crippen MR) is 71.5 cm³/mol. The van der Waals surface area contributed by atoms with E-state index in [9.17, 15) is 12.8 Å². The minimum Gasteiger partial charge on any atom is -0.326 e. The molecule has 19 heavy (non-hydrogen) atoms. The largest absolute Gasteiger partial charge is 0.326 e. The quantitative estimate of drug-likeness (QED) is 0.900. The first-order valence-corrected chi connectivity index (χ1v) is 7.07. The van der Waals surface area contributed by atoms with Gasteiger partial charge in [-0.1, -0.05) is 18.2 Å². The summed E-state index contributed by atoms with van der Waals surface area (Å²) in [6.45, 7) is -0.0550. The van der Waals surface area contributed by atoms with Crippen molar-refractivity contribution in [1.82, 2.24) is 0 Å². The second-order valence-corrected chi connectivity index (χ2v) is 5.61. The van der Waals surface area contributed by atoms with Gasteiger partial charge >= 0.3 is 0 Å². The van der Waals surface area contributed by atoms with Gasteiger partial charge in [0.2, 0.25) is 0 Å². The van der Waals surface area contributed by atoms with E-state index in [0.717, 1.165) is 6.07 Å².